The van der Waals surface area contributed by atoms with Crippen LogP contribution in [0.3, 0.4) is 0 Å². The number of hydrogen-bond acceptors (Lipinski definition) is 3. The highest BCUT2D eigenvalue weighted by atomic mass is 15.1. The summed E-state index contributed by atoms with van der Waals surface area (Å²) in [5.74, 6) is 2.56. The van der Waals surface area contributed by atoms with Crippen molar-refractivity contribution < 1.29 is 0 Å². The van der Waals surface area contributed by atoms with E-state index in [-0.39, 0.29) is 0 Å². The molecule has 1 aromatic rings. The van der Waals surface area contributed by atoms with Crippen LogP contribution in [0.15, 0.2) is 18.3 Å². The molecule has 2 atom stereocenters. The largest absolute Gasteiger partial charge is 0.371 e. The average Bonchev–Trinajstić information content (AvgIpc) is 2.28. The van der Waals surface area contributed by atoms with Crippen molar-refractivity contribution in [1.82, 2.24) is 4.98 Å². The lowest BCUT2D eigenvalue weighted by Crippen LogP contribution is -2.38. The molecule has 2 heterocycles. The van der Waals surface area contributed by atoms with Gasteiger partial charge in [-0.05, 0) is 31.2 Å². The fraction of sp³-hybridized carbons (Fsp3) is 0.643. The van der Waals surface area contributed by atoms with Gasteiger partial charge in [0.1, 0.15) is 5.82 Å². The van der Waals surface area contributed by atoms with Gasteiger partial charge in [-0.2, -0.15) is 0 Å². The van der Waals surface area contributed by atoms with Crippen LogP contribution < -0.4 is 10.2 Å². The van der Waals surface area contributed by atoms with Crippen LogP contribution in [0.5, 0.6) is 0 Å². The first-order valence-corrected chi connectivity index (χ1v) is 6.64. The molecule has 1 aliphatic rings. The lowest BCUT2D eigenvalue weighted by molar-refractivity contribution is 0.357. The standard InChI is InChI=1S/C14H23N3/c1-4-15-14-8-13(5-6-16-14)17-9-11(2)7-12(3)10-17/h5-6,8,11-12H,4,7,9-10H2,1-3H3,(H,15,16). The molecule has 17 heavy (non-hydrogen) atoms. The van der Waals surface area contributed by atoms with E-state index in [0.717, 1.165) is 24.2 Å². The second-order valence-corrected chi connectivity index (χ2v) is 5.28. The van der Waals surface area contributed by atoms with Crippen LogP contribution >= 0.6 is 0 Å². The second-order valence-electron chi connectivity index (χ2n) is 5.28. The van der Waals surface area contributed by atoms with E-state index in [1.165, 1.54) is 25.2 Å². The molecule has 1 N–H and O–H groups in total. The van der Waals surface area contributed by atoms with E-state index in [1.54, 1.807) is 0 Å². The van der Waals surface area contributed by atoms with Crippen molar-refractivity contribution >= 4 is 11.5 Å². The Hall–Kier alpha value is -1.25. The highest BCUT2D eigenvalue weighted by Crippen LogP contribution is 2.26. The topological polar surface area (TPSA) is 28.2 Å². The van der Waals surface area contributed by atoms with Gasteiger partial charge in [-0.3, -0.25) is 0 Å². The lowest BCUT2D eigenvalue weighted by atomic mass is 9.91. The maximum absolute atomic E-state index is 4.32. The van der Waals surface area contributed by atoms with Crippen LogP contribution in [0.1, 0.15) is 27.2 Å². The first-order valence-electron chi connectivity index (χ1n) is 6.64. The third-order valence-corrected chi connectivity index (χ3v) is 3.34. The van der Waals surface area contributed by atoms with Crippen molar-refractivity contribution in [3.05, 3.63) is 18.3 Å². The summed E-state index contributed by atoms with van der Waals surface area (Å²) < 4.78 is 0. The number of pyridine rings is 1. The summed E-state index contributed by atoms with van der Waals surface area (Å²) in [5.41, 5.74) is 1.30. The van der Waals surface area contributed by atoms with E-state index >= 15 is 0 Å². The first-order chi connectivity index (χ1) is 8.19. The summed E-state index contributed by atoms with van der Waals surface area (Å²) in [7, 11) is 0. The van der Waals surface area contributed by atoms with Crippen LogP contribution in [0.25, 0.3) is 0 Å². The Morgan fingerprint density at radius 1 is 1.35 bits per heavy atom. The molecule has 2 rings (SSSR count). The smallest absolute Gasteiger partial charge is 0.127 e. The Balaban J connectivity index is 2.12. The number of hydrogen-bond donors (Lipinski definition) is 1. The van der Waals surface area contributed by atoms with Crippen LogP contribution in [-0.2, 0) is 0 Å². The van der Waals surface area contributed by atoms with Crippen molar-refractivity contribution in [3.63, 3.8) is 0 Å². The molecule has 0 amide bonds. The van der Waals surface area contributed by atoms with Gasteiger partial charge in [0.25, 0.3) is 0 Å². The molecule has 2 unspecified atom stereocenters. The monoisotopic (exact) mass is 233 g/mol. The Morgan fingerprint density at radius 2 is 2.06 bits per heavy atom. The van der Waals surface area contributed by atoms with Crippen molar-refractivity contribution in [1.29, 1.82) is 0 Å². The minimum Gasteiger partial charge on any atom is -0.371 e. The maximum atomic E-state index is 4.32. The molecule has 1 saturated heterocycles. The fourth-order valence-electron chi connectivity index (χ4n) is 2.77. The molecule has 1 aliphatic heterocycles. The summed E-state index contributed by atoms with van der Waals surface area (Å²) in [4.78, 5) is 6.81. The van der Waals surface area contributed by atoms with E-state index in [2.05, 4.69) is 48.1 Å². The van der Waals surface area contributed by atoms with E-state index in [0.29, 0.717) is 0 Å². The van der Waals surface area contributed by atoms with Gasteiger partial charge >= 0.3 is 0 Å². The molecule has 1 aromatic heterocycles. The number of nitrogens with zero attached hydrogens (tertiary/aromatic N) is 2. The molecule has 94 valence electrons. The molecule has 0 aliphatic carbocycles. The zero-order valence-corrected chi connectivity index (χ0v) is 11.1. The van der Waals surface area contributed by atoms with E-state index in [4.69, 9.17) is 0 Å². The Morgan fingerprint density at radius 3 is 2.71 bits per heavy atom. The predicted octanol–water partition coefficient (Wildman–Crippen LogP) is 3.00. The quantitative estimate of drug-likeness (QED) is 0.870. The van der Waals surface area contributed by atoms with E-state index < -0.39 is 0 Å². The molecular formula is C14H23N3. The van der Waals surface area contributed by atoms with Gasteiger partial charge in [0.2, 0.25) is 0 Å². The molecule has 0 aromatic carbocycles. The molecule has 0 radical (unpaired) electrons. The van der Waals surface area contributed by atoms with Gasteiger partial charge in [-0.1, -0.05) is 13.8 Å². The molecule has 3 nitrogen and oxygen atoms in total. The fourth-order valence-corrected chi connectivity index (χ4v) is 2.77. The van der Waals surface area contributed by atoms with E-state index in [1.807, 2.05) is 6.20 Å². The molecule has 0 saturated carbocycles. The number of nitrogens with one attached hydrogen (secondary N) is 1. The van der Waals surface area contributed by atoms with Crippen molar-refractivity contribution in [2.45, 2.75) is 27.2 Å². The van der Waals surface area contributed by atoms with Gasteiger partial charge in [-0.15, -0.1) is 0 Å². The van der Waals surface area contributed by atoms with Crippen molar-refractivity contribution in [2.24, 2.45) is 11.8 Å². The zero-order valence-electron chi connectivity index (χ0n) is 11.1. The molecule has 3 heteroatoms. The zero-order chi connectivity index (χ0) is 12.3. The molecule has 1 fully saturated rings. The van der Waals surface area contributed by atoms with Crippen LogP contribution in [0.4, 0.5) is 11.5 Å². The average molecular weight is 233 g/mol. The van der Waals surface area contributed by atoms with Gasteiger partial charge in [0.15, 0.2) is 0 Å². The third-order valence-electron chi connectivity index (χ3n) is 3.34. The second kappa shape index (κ2) is 5.39. The normalized spacial score (nSPS) is 24.8. The summed E-state index contributed by atoms with van der Waals surface area (Å²) in [5, 5.41) is 3.27. The third kappa shape index (κ3) is 3.11. The molecule has 0 bridgehead atoms. The summed E-state index contributed by atoms with van der Waals surface area (Å²) >= 11 is 0. The summed E-state index contributed by atoms with van der Waals surface area (Å²) in [6.45, 7) is 10.0. The SMILES string of the molecule is CCNc1cc(N2CC(C)CC(C)C2)ccn1. The van der Waals surface area contributed by atoms with Gasteiger partial charge in [0.05, 0.1) is 0 Å². The highest BCUT2D eigenvalue weighted by Gasteiger charge is 2.22. The Labute approximate surface area is 104 Å². The number of aromatic nitrogens is 1. The van der Waals surface area contributed by atoms with Crippen LogP contribution in [0, 0.1) is 11.8 Å². The minimum atomic E-state index is 0.787. The Bertz CT molecular complexity index is 354. The Kier molecular flexibility index (Phi) is 3.87. The highest BCUT2D eigenvalue weighted by molar-refractivity contribution is 5.54. The van der Waals surface area contributed by atoms with Gasteiger partial charge in [-0.25, -0.2) is 4.98 Å². The van der Waals surface area contributed by atoms with Gasteiger partial charge < -0.3 is 10.2 Å². The number of rotatable bonds is 3. The predicted molar refractivity (Wildman–Crippen MR) is 73.6 cm³/mol. The van der Waals surface area contributed by atoms with Crippen molar-refractivity contribution in [3.8, 4) is 0 Å². The first kappa shape index (κ1) is 12.2. The van der Waals surface area contributed by atoms with Crippen LogP contribution in [0.2, 0.25) is 0 Å². The van der Waals surface area contributed by atoms with Crippen molar-refractivity contribution in [2.75, 3.05) is 29.9 Å². The van der Waals surface area contributed by atoms with E-state index in [9.17, 15) is 0 Å². The summed E-state index contributed by atoms with van der Waals surface area (Å²) in [6.07, 6.45) is 3.25. The maximum Gasteiger partial charge on any atom is 0.127 e. The lowest BCUT2D eigenvalue weighted by Gasteiger charge is -2.36. The minimum absolute atomic E-state index is 0.787. The number of anilines is 2. The van der Waals surface area contributed by atoms with Gasteiger partial charge in [0, 0.05) is 37.6 Å². The molecular weight excluding hydrogens is 210 g/mol. The molecule has 0 spiro atoms. The number of piperidine rings is 1. The summed E-state index contributed by atoms with van der Waals surface area (Å²) in [6, 6.07) is 4.28. The van der Waals surface area contributed by atoms with Crippen LogP contribution in [-0.4, -0.2) is 24.6 Å².